The molecule has 278 valence electrons. The van der Waals surface area contributed by atoms with Crippen LogP contribution in [0.15, 0.2) is 0 Å². The van der Waals surface area contributed by atoms with E-state index in [0.717, 1.165) is 0 Å². The van der Waals surface area contributed by atoms with E-state index in [2.05, 4.69) is 42.5 Å². The van der Waals surface area contributed by atoms with Gasteiger partial charge in [-0.25, -0.2) is 19.2 Å². The molecule has 23 heteroatoms. The van der Waals surface area contributed by atoms with Gasteiger partial charge in [-0.1, -0.05) is 0 Å². The summed E-state index contributed by atoms with van der Waals surface area (Å²) in [6.07, 6.45) is 0.604. The molecule has 0 aliphatic carbocycles. The molecule has 0 heterocycles. The Morgan fingerprint density at radius 3 is 1.08 bits per heavy atom. The summed E-state index contributed by atoms with van der Waals surface area (Å²) in [7, 11) is 0. The van der Waals surface area contributed by atoms with Crippen LogP contribution in [0.2, 0.25) is 0 Å². The second-order valence-corrected chi connectivity index (χ2v) is 10.6. The van der Waals surface area contributed by atoms with Gasteiger partial charge in [-0.2, -0.15) is 0 Å². The van der Waals surface area contributed by atoms with Crippen molar-refractivity contribution in [1.82, 2.24) is 42.5 Å². The normalized spacial score (nSPS) is 12.8. The molecule has 0 aromatic carbocycles. The van der Waals surface area contributed by atoms with Crippen molar-refractivity contribution in [3.8, 4) is 0 Å². The van der Waals surface area contributed by atoms with Gasteiger partial charge in [-0.15, -0.1) is 0 Å². The van der Waals surface area contributed by atoms with E-state index in [1.54, 1.807) is 0 Å². The number of hydrogen-bond acceptors (Lipinski definition) is 10. The fraction of sp³-hybridized carbons (Fsp3) is 0.654. The smallest absolute Gasteiger partial charge is 0.322 e. The van der Waals surface area contributed by atoms with Crippen molar-refractivity contribution < 1.29 is 48.3 Å². The lowest BCUT2D eigenvalue weighted by Gasteiger charge is -2.26. The van der Waals surface area contributed by atoms with Gasteiger partial charge in [0.25, 0.3) is 0 Å². The van der Waals surface area contributed by atoms with Crippen molar-refractivity contribution >= 4 is 53.7 Å². The third-order valence-electron chi connectivity index (χ3n) is 6.55. The summed E-state index contributed by atoms with van der Waals surface area (Å²) >= 11 is 0. The first-order chi connectivity index (χ1) is 23.0. The average molecular weight is 704 g/mol. The maximum Gasteiger partial charge on any atom is 0.322 e. The molecule has 4 atom stereocenters. The second kappa shape index (κ2) is 24.5. The maximum atomic E-state index is 13.5. The lowest BCUT2D eigenvalue weighted by Crippen LogP contribution is -2.58. The molecule has 0 aromatic heterocycles. The van der Waals surface area contributed by atoms with Crippen molar-refractivity contribution in [2.45, 2.75) is 75.5 Å². The van der Waals surface area contributed by atoms with Crippen LogP contribution in [0.1, 0.15) is 51.4 Å². The molecule has 0 unspecified atom stereocenters. The highest BCUT2D eigenvalue weighted by atomic mass is 16.4. The predicted octanol–water partition coefficient (Wildman–Crippen LogP) is -5.24. The highest BCUT2D eigenvalue weighted by molar-refractivity contribution is 5.95. The number of rotatable bonds is 25. The molecular formula is C26H49N13O10. The third kappa shape index (κ3) is 22.5. The highest BCUT2D eigenvalue weighted by Gasteiger charge is 2.30. The summed E-state index contributed by atoms with van der Waals surface area (Å²) in [6.45, 7) is -0.519. The summed E-state index contributed by atoms with van der Waals surface area (Å²) in [5.74, 6) is -4.64. The van der Waals surface area contributed by atoms with Gasteiger partial charge in [0, 0.05) is 26.2 Å². The lowest BCUT2D eigenvalue weighted by atomic mass is 10.0. The van der Waals surface area contributed by atoms with Crippen LogP contribution in [0, 0.1) is 0 Å². The molecule has 0 radical (unpaired) electrons. The quantitative estimate of drug-likeness (QED) is 0.0398. The zero-order valence-electron chi connectivity index (χ0n) is 27.0. The largest absolute Gasteiger partial charge is 0.480 e. The Balaban J connectivity index is 5.95. The van der Waals surface area contributed by atoms with Crippen LogP contribution >= 0.6 is 0 Å². The molecule has 0 spiro atoms. The number of carboxylic acids is 1. The molecule has 0 bridgehead atoms. The van der Waals surface area contributed by atoms with Crippen molar-refractivity contribution in [2.24, 2.45) is 28.7 Å². The topological polar surface area (TPSA) is 400 Å². The van der Waals surface area contributed by atoms with E-state index in [4.69, 9.17) is 33.8 Å². The minimum absolute atomic E-state index is 0.00864. The number of urea groups is 4. The molecular weight excluding hydrogens is 654 g/mol. The number of primary amides is 4. The minimum atomic E-state index is -1.35. The fourth-order valence-electron chi connectivity index (χ4n) is 4.13. The summed E-state index contributed by atoms with van der Waals surface area (Å²) in [5.41, 5.74) is 26.2. The summed E-state index contributed by atoms with van der Waals surface area (Å²) in [4.78, 5) is 108. The number of carbonyl (C=O) groups is 9. The Labute approximate surface area is 281 Å². The first kappa shape index (κ1) is 43.4. The zero-order valence-corrected chi connectivity index (χ0v) is 27.0. The predicted molar refractivity (Wildman–Crippen MR) is 172 cm³/mol. The highest BCUT2D eigenvalue weighted by Crippen LogP contribution is 2.06. The average Bonchev–Trinajstić information content (AvgIpc) is 3.01. The molecule has 23 nitrogen and oxygen atoms in total. The first-order valence-electron chi connectivity index (χ1n) is 15.3. The van der Waals surface area contributed by atoms with E-state index in [1.807, 2.05) is 0 Å². The van der Waals surface area contributed by atoms with E-state index >= 15 is 0 Å². The Morgan fingerprint density at radius 1 is 0.449 bits per heavy atom. The summed E-state index contributed by atoms with van der Waals surface area (Å²) < 4.78 is 0. The van der Waals surface area contributed by atoms with Crippen LogP contribution in [0.4, 0.5) is 19.2 Å². The fourth-order valence-corrected chi connectivity index (χ4v) is 4.13. The molecule has 0 aliphatic heterocycles. The molecule has 49 heavy (non-hydrogen) atoms. The van der Waals surface area contributed by atoms with Gasteiger partial charge in [-0.3, -0.25) is 24.0 Å². The summed E-state index contributed by atoms with van der Waals surface area (Å²) in [5, 5.41) is 27.9. The van der Waals surface area contributed by atoms with Gasteiger partial charge in [0.15, 0.2) is 0 Å². The van der Waals surface area contributed by atoms with Crippen LogP contribution in [0.3, 0.4) is 0 Å². The van der Waals surface area contributed by atoms with Gasteiger partial charge in [0.2, 0.25) is 23.6 Å². The van der Waals surface area contributed by atoms with Gasteiger partial charge in [0.05, 0.1) is 6.04 Å². The Bertz CT molecular complexity index is 1160. The van der Waals surface area contributed by atoms with Crippen LogP contribution in [-0.4, -0.2) is 116 Å². The van der Waals surface area contributed by atoms with Crippen LogP contribution in [0.5, 0.6) is 0 Å². The lowest BCUT2D eigenvalue weighted by molar-refractivity contribution is -0.138. The number of carboxylic acid groups (broad SMARTS) is 1. The molecule has 0 saturated heterocycles. The van der Waals surface area contributed by atoms with Crippen LogP contribution in [0.25, 0.3) is 0 Å². The van der Waals surface area contributed by atoms with Crippen molar-refractivity contribution in [3.63, 3.8) is 0 Å². The van der Waals surface area contributed by atoms with Gasteiger partial charge >= 0.3 is 30.1 Å². The SMILES string of the molecule is NC(=O)NCCC[C@H](NC(=O)[C@H](CCCNC(N)=O)NC(=O)[C@H](CCCNC(N)=O)NC(=O)[C@@H](N)CCCNC(N)=O)C(=O)NCC(=O)O. The number of hydrogen-bond donors (Lipinski definition) is 14. The van der Waals surface area contributed by atoms with E-state index in [9.17, 15) is 43.2 Å². The van der Waals surface area contributed by atoms with Crippen LogP contribution in [-0.2, 0) is 24.0 Å². The van der Waals surface area contributed by atoms with Gasteiger partial charge < -0.3 is 76.3 Å². The Hall–Kier alpha value is -5.61. The number of nitrogens with two attached hydrogens (primary N) is 5. The number of carbonyl (C=O) groups excluding carboxylic acids is 8. The first-order valence-corrected chi connectivity index (χ1v) is 15.3. The van der Waals surface area contributed by atoms with Gasteiger partial charge in [-0.05, 0) is 51.4 Å². The summed E-state index contributed by atoms with van der Waals surface area (Å²) in [6, 6.07) is -8.25. The van der Waals surface area contributed by atoms with Crippen LogP contribution < -0.4 is 71.2 Å². The van der Waals surface area contributed by atoms with Crippen molar-refractivity contribution in [3.05, 3.63) is 0 Å². The molecule has 0 aliphatic rings. The molecule has 0 rings (SSSR count). The molecule has 12 amide bonds. The van der Waals surface area contributed by atoms with E-state index < -0.39 is 84.4 Å². The zero-order chi connectivity index (χ0) is 37.4. The van der Waals surface area contributed by atoms with Crippen molar-refractivity contribution in [1.29, 1.82) is 0 Å². The third-order valence-corrected chi connectivity index (χ3v) is 6.55. The minimum Gasteiger partial charge on any atom is -0.480 e. The monoisotopic (exact) mass is 703 g/mol. The van der Waals surface area contributed by atoms with Gasteiger partial charge in [0.1, 0.15) is 24.7 Å². The second-order valence-electron chi connectivity index (χ2n) is 10.6. The van der Waals surface area contributed by atoms with E-state index in [0.29, 0.717) is 0 Å². The van der Waals surface area contributed by atoms with E-state index in [-0.39, 0.29) is 77.5 Å². The molecule has 0 aromatic rings. The standard InChI is InChI=1S/C26H49N13O10/c27-14(5-1-9-32-23(28)46)19(42)37-16(7-3-11-34-25(30)48)21(44)39-17(8-4-12-35-26(31)49)22(45)38-15(6-2-10-33-24(29)47)20(43)36-13-18(40)41/h14-17H,1-13,27H2,(H,36,43)(H,37,42)(H,38,45)(H,39,44)(H,40,41)(H3,28,32,46)(H3,29,33,47)(H3,30,34,48)(H3,31,35,49)/t14-,15-,16-,17-/m0/s1. The molecule has 0 saturated carbocycles. The van der Waals surface area contributed by atoms with E-state index in [1.165, 1.54) is 0 Å². The number of amides is 12. The number of aliphatic carboxylic acids is 1. The Kier molecular flexibility index (Phi) is 21.7. The Morgan fingerprint density at radius 2 is 0.755 bits per heavy atom. The maximum absolute atomic E-state index is 13.5. The molecule has 19 N–H and O–H groups in total. The van der Waals surface area contributed by atoms with Crippen molar-refractivity contribution in [2.75, 3.05) is 32.7 Å². The molecule has 0 fully saturated rings. The number of nitrogens with one attached hydrogen (secondary N) is 8.